The highest BCUT2D eigenvalue weighted by molar-refractivity contribution is 5.79. The number of aromatic nitrogens is 3. The lowest BCUT2D eigenvalue weighted by atomic mass is 10.1. The molecule has 1 aliphatic heterocycles. The van der Waals surface area contributed by atoms with Gasteiger partial charge in [-0.1, -0.05) is 24.8 Å². The number of imidazole rings is 1. The minimum absolute atomic E-state index is 0.0268. The number of halogens is 1. The largest absolute Gasteiger partial charge is 0.473 e. The van der Waals surface area contributed by atoms with Crippen LogP contribution in [0.1, 0.15) is 28.3 Å². The minimum Gasteiger partial charge on any atom is -0.473 e. The predicted molar refractivity (Wildman–Crippen MR) is 128 cm³/mol. The molecule has 0 N–H and O–H groups in total. The van der Waals surface area contributed by atoms with Gasteiger partial charge in [0.05, 0.1) is 30.0 Å². The molecule has 0 bridgehead atoms. The summed E-state index contributed by atoms with van der Waals surface area (Å²) in [4.78, 5) is 25.6. The first-order chi connectivity index (χ1) is 17.0. The van der Waals surface area contributed by atoms with Crippen molar-refractivity contribution in [1.82, 2.24) is 24.3 Å². The molecule has 3 heterocycles. The van der Waals surface area contributed by atoms with Gasteiger partial charge in [-0.15, -0.1) is 0 Å². The summed E-state index contributed by atoms with van der Waals surface area (Å²) in [5.41, 5.74) is 2.49. The Bertz CT molecular complexity index is 1260. The standard InChI is InChI=1S/C26H27FN6O2/c1-3-11-35-25-6-4-5-22(30-25)16-32-10-9-31(18-26(32)34)17-23-14-29-19(2)33(23)15-20-7-8-21(13-28)24(27)12-20/h3-8,12,14H,1,9-11,15-18H2,2H3. The normalized spacial score (nSPS) is 14.1. The van der Waals surface area contributed by atoms with Crippen molar-refractivity contribution in [2.24, 2.45) is 0 Å². The topological polar surface area (TPSA) is 87.3 Å². The fraction of sp³-hybridized carbons (Fsp3) is 0.308. The van der Waals surface area contributed by atoms with E-state index in [1.807, 2.05) is 29.7 Å². The number of ether oxygens (including phenoxy) is 1. The molecule has 35 heavy (non-hydrogen) atoms. The van der Waals surface area contributed by atoms with Crippen molar-refractivity contribution >= 4 is 5.91 Å². The highest BCUT2D eigenvalue weighted by Crippen LogP contribution is 2.17. The molecule has 0 saturated carbocycles. The fourth-order valence-electron chi connectivity index (χ4n) is 4.04. The SMILES string of the molecule is C=CCOc1cccc(CN2CCN(Cc3cnc(C)n3Cc3ccc(C#N)c(F)c3)CC2=O)n1. The van der Waals surface area contributed by atoms with Crippen LogP contribution in [0.3, 0.4) is 0 Å². The number of nitrogens with zero attached hydrogens (tertiary/aromatic N) is 6. The Morgan fingerprint density at radius 3 is 2.83 bits per heavy atom. The first-order valence-electron chi connectivity index (χ1n) is 11.4. The van der Waals surface area contributed by atoms with Crippen LogP contribution < -0.4 is 4.74 Å². The molecule has 0 unspecified atom stereocenters. The Morgan fingerprint density at radius 2 is 2.09 bits per heavy atom. The van der Waals surface area contributed by atoms with Crippen molar-refractivity contribution in [2.75, 3.05) is 26.2 Å². The second kappa shape index (κ2) is 10.9. The van der Waals surface area contributed by atoms with Crippen molar-refractivity contribution in [3.05, 3.63) is 89.4 Å². The zero-order chi connectivity index (χ0) is 24.8. The van der Waals surface area contributed by atoms with E-state index in [0.29, 0.717) is 51.8 Å². The van der Waals surface area contributed by atoms with E-state index in [0.717, 1.165) is 22.8 Å². The van der Waals surface area contributed by atoms with E-state index in [9.17, 15) is 9.18 Å². The summed E-state index contributed by atoms with van der Waals surface area (Å²) in [6, 6.07) is 12.0. The number of benzene rings is 1. The number of carbonyl (C=O) groups excluding carboxylic acids is 1. The van der Waals surface area contributed by atoms with E-state index in [4.69, 9.17) is 10.00 Å². The summed E-state index contributed by atoms with van der Waals surface area (Å²) in [5, 5.41) is 8.95. The molecular weight excluding hydrogens is 447 g/mol. The van der Waals surface area contributed by atoms with E-state index in [1.54, 1.807) is 29.3 Å². The van der Waals surface area contributed by atoms with Crippen molar-refractivity contribution < 1.29 is 13.9 Å². The highest BCUT2D eigenvalue weighted by Gasteiger charge is 2.25. The average Bonchev–Trinajstić information content (AvgIpc) is 3.18. The summed E-state index contributed by atoms with van der Waals surface area (Å²) < 4.78 is 21.5. The van der Waals surface area contributed by atoms with Crippen LogP contribution in [-0.4, -0.2) is 56.5 Å². The zero-order valence-corrected chi connectivity index (χ0v) is 19.7. The third-order valence-corrected chi connectivity index (χ3v) is 5.90. The third-order valence-electron chi connectivity index (χ3n) is 5.90. The molecule has 1 aliphatic rings. The molecule has 1 fully saturated rings. The van der Waals surface area contributed by atoms with Crippen LogP contribution in [0.15, 0.2) is 55.3 Å². The van der Waals surface area contributed by atoms with Crippen molar-refractivity contribution in [1.29, 1.82) is 5.26 Å². The number of pyridine rings is 1. The van der Waals surface area contributed by atoms with Gasteiger partial charge in [0.25, 0.3) is 0 Å². The Labute approximate surface area is 203 Å². The van der Waals surface area contributed by atoms with Gasteiger partial charge < -0.3 is 14.2 Å². The smallest absolute Gasteiger partial charge is 0.237 e. The van der Waals surface area contributed by atoms with Gasteiger partial charge in [-0.2, -0.15) is 5.26 Å². The maximum atomic E-state index is 14.1. The molecule has 9 heteroatoms. The van der Waals surface area contributed by atoms with Crippen molar-refractivity contribution in [3.8, 4) is 11.9 Å². The van der Waals surface area contributed by atoms with E-state index in [-0.39, 0.29) is 11.5 Å². The van der Waals surface area contributed by atoms with E-state index in [1.165, 1.54) is 12.1 Å². The molecule has 8 nitrogen and oxygen atoms in total. The Hall–Kier alpha value is -4.03. The molecule has 1 aromatic carbocycles. The average molecular weight is 475 g/mol. The molecule has 180 valence electrons. The maximum absolute atomic E-state index is 14.1. The van der Waals surface area contributed by atoms with E-state index >= 15 is 0 Å². The number of nitriles is 1. The molecule has 1 amide bonds. The second-order valence-electron chi connectivity index (χ2n) is 8.40. The van der Waals surface area contributed by atoms with Gasteiger partial charge in [0.2, 0.25) is 11.8 Å². The number of hydrogen-bond acceptors (Lipinski definition) is 6. The van der Waals surface area contributed by atoms with Crippen LogP contribution in [0.4, 0.5) is 4.39 Å². The molecule has 0 atom stereocenters. The number of piperazine rings is 1. The first-order valence-corrected chi connectivity index (χ1v) is 11.4. The maximum Gasteiger partial charge on any atom is 0.237 e. The Balaban J connectivity index is 1.37. The van der Waals surface area contributed by atoms with Gasteiger partial charge in [-0.05, 0) is 30.7 Å². The van der Waals surface area contributed by atoms with Crippen LogP contribution in [0.25, 0.3) is 0 Å². The molecule has 2 aromatic heterocycles. The van der Waals surface area contributed by atoms with Crippen LogP contribution in [0.2, 0.25) is 0 Å². The summed E-state index contributed by atoms with van der Waals surface area (Å²) >= 11 is 0. The van der Waals surface area contributed by atoms with Gasteiger partial charge in [-0.3, -0.25) is 9.69 Å². The summed E-state index contributed by atoms with van der Waals surface area (Å²) in [6.07, 6.45) is 3.46. The summed E-state index contributed by atoms with van der Waals surface area (Å²) in [6.45, 7) is 8.93. The Kier molecular flexibility index (Phi) is 7.53. The predicted octanol–water partition coefficient (Wildman–Crippen LogP) is 3.05. The number of carbonyl (C=O) groups is 1. The van der Waals surface area contributed by atoms with Gasteiger partial charge in [0.15, 0.2) is 0 Å². The lowest BCUT2D eigenvalue weighted by molar-refractivity contribution is -0.137. The molecule has 0 radical (unpaired) electrons. The molecule has 1 saturated heterocycles. The van der Waals surface area contributed by atoms with Crippen LogP contribution in [0.5, 0.6) is 5.88 Å². The number of amides is 1. The van der Waals surface area contributed by atoms with Gasteiger partial charge >= 0.3 is 0 Å². The second-order valence-corrected chi connectivity index (χ2v) is 8.40. The van der Waals surface area contributed by atoms with E-state index < -0.39 is 5.82 Å². The zero-order valence-electron chi connectivity index (χ0n) is 19.7. The third kappa shape index (κ3) is 5.91. The van der Waals surface area contributed by atoms with E-state index in [2.05, 4.69) is 21.4 Å². The number of aryl methyl sites for hydroxylation is 1. The molecule has 3 aromatic rings. The monoisotopic (exact) mass is 474 g/mol. The molecule has 4 rings (SSSR count). The number of rotatable bonds is 9. The summed E-state index contributed by atoms with van der Waals surface area (Å²) in [5.74, 6) is 0.823. The summed E-state index contributed by atoms with van der Waals surface area (Å²) in [7, 11) is 0. The first kappa shape index (κ1) is 24.1. The number of hydrogen-bond donors (Lipinski definition) is 0. The lowest BCUT2D eigenvalue weighted by Crippen LogP contribution is -2.49. The lowest BCUT2D eigenvalue weighted by Gasteiger charge is -2.34. The van der Waals surface area contributed by atoms with Crippen LogP contribution >= 0.6 is 0 Å². The molecule has 0 spiro atoms. The minimum atomic E-state index is -0.529. The van der Waals surface area contributed by atoms with Crippen LogP contribution in [0, 0.1) is 24.1 Å². The van der Waals surface area contributed by atoms with Crippen molar-refractivity contribution in [2.45, 2.75) is 26.6 Å². The van der Waals surface area contributed by atoms with Gasteiger partial charge in [0.1, 0.15) is 24.3 Å². The fourth-order valence-corrected chi connectivity index (χ4v) is 4.04. The van der Waals surface area contributed by atoms with Gasteiger partial charge in [-0.25, -0.2) is 14.4 Å². The quantitative estimate of drug-likeness (QED) is 0.443. The highest BCUT2D eigenvalue weighted by atomic mass is 19.1. The Morgan fingerprint density at radius 1 is 1.23 bits per heavy atom. The molecule has 0 aliphatic carbocycles. The van der Waals surface area contributed by atoms with Crippen molar-refractivity contribution in [3.63, 3.8) is 0 Å². The molecular formula is C26H27FN6O2. The van der Waals surface area contributed by atoms with Gasteiger partial charge in [0, 0.05) is 38.4 Å². The van der Waals surface area contributed by atoms with Crippen LogP contribution in [-0.2, 0) is 24.4 Å².